The van der Waals surface area contributed by atoms with Crippen LogP contribution in [0.2, 0.25) is 0 Å². The van der Waals surface area contributed by atoms with Crippen LogP contribution in [0.15, 0.2) is 34.9 Å². The van der Waals surface area contributed by atoms with Crippen LogP contribution in [0.1, 0.15) is 36.2 Å². The number of carbonyl (C=O) groups is 1. The number of nitrogens with one attached hydrogen (secondary N) is 2. The number of aliphatic hydroxyl groups is 1. The Morgan fingerprint density at radius 2 is 2.14 bits per heavy atom. The highest BCUT2D eigenvalue weighted by Gasteiger charge is 2.14. The van der Waals surface area contributed by atoms with Gasteiger partial charge in [-0.15, -0.1) is 0 Å². The fourth-order valence-electron chi connectivity index (χ4n) is 2.08. The molecule has 0 aliphatic rings. The lowest BCUT2D eigenvalue weighted by molar-refractivity contribution is 0.231. The van der Waals surface area contributed by atoms with Gasteiger partial charge in [0, 0.05) is 6.61 Å². The molecule has 0 aliphatic heterocycles. The molecule has 2 rings (SSSR count). The molecule has 0 radical (unpaired) electrons. The lowest BCUT2D eigenvalue weighted by Crippen LogP contribution is -2.37. The van der Waals surface area contributed by atoms with Gasteiger partial charge in [0.1, 0.15) is 0 Å². The molecule has 0 saturated carbocycles. The molecule has 1 unspecified atom stereocenters. The van der Waals surface area contributed by atoms with Gasteiger partial charge in [0.15, 0.2) is 5.82 Å². The van der Waals surface area contributed by atoms with E-state index in [1.165, 1.54) is 0 Å². The van der Waals surface area contributed by atoms with Crippen LogP contribution in [0.25, 0.3) is 0 Å². The minimum absolute atomic E-state index is 0.0912. The van der Waals surface area contributed by atoms with E-state index in [1.807, 2.05) is 30.3 Å². The molecule has 0 saturated heterocycles. The van der Waals surface area contributed by atoms with E-state index in [2.05, 4.69) is 20.8 Å². The monoisotopic (exact) mass is 304 g/mol. The van der Waals surface area contributed by atoms with Crippen LogP contribution < -0.4 is 10.6 Å². The average Bonchev–Trinajstić information content (AvgIpc) is 2.96. The smallest absolute Gasteiger partial charge is 0.315 e. The Morgan fingerprint density at radius 1 is 1.36 bits per heavy atom. The zero-order valence-corrected chi connectivity index (χ0v) is 12.5. The Labute approximate surface area is 128 Å². The molecule has 2 aromatic rings. The summed E-state index contributed by atoms with van der Waals surface area (Å²) in [6.07, 6.45) is 1.27. The average molecular weight is 304 g/mol. The van der Waals surface area contributed by atoms with Crippen LogP contribution >= 0.6 is 0 Å². The van der Waals surface area contributed by atoms with E-state index in [4.69, 9.17) is 9.63 Å². The van der Waals surface area contributed by atoms with Gasteiger partial charge >= 0.3 is 6.03 Å². The summed E-state index contributed by atoms with van der Waals surface area (Å²) in [5.74, 6) is 0.890. The molecule has 1 aromatic heterocycles. The number of aryl methyl sites for hydroxylation is 1. The van der Waals surface area contributed by atoms with E-state index < -0.39 is 0 Å². The summed E-state index contributed by atoms with van der Waals surface area (Å²) in [5.41, 5.74) is 1.000. The van der Waals surface area contributed by atoms with E-state index in [9.17, 15) is 4.79 Å². The number of amides is 2. The fraction of sp³-hybridized carbons (Fsp3) is 0.400. The number of aromatic nitrogens is 2. The molecular formula is C15H20N4O3. The van der Waals surface area contributed by atoms with Crippen molar-refractivity contribution >= 4 is 6.03 Å². The number of benzene rings is 1. The van der Waals surface area contributed by atoms with Gasteiger partial charge in [-0.1, -0.05) is 35.5 Å². The molecule has 1 heterocycles. The van der Waals surface area contributed by atoms with Crippen molar-refractivity contribution in [2.24, 2.45) is 0 Å². The van der Waals surface area contributed by atoms with E-state index in [1.54, 1.807) is 6.92 Å². The Kier molecular flexibility index (Phi) is 5.91. The summed E-state index contributed by atoms with van der Waals surface area (Å²) in [7, 11) is 0. The van der Waals surface area contributed by atoms with Gasteiger partial charge in [0.05, 0.1) is 12.6 Å². The SMILES string of the molecule is Cc1noc(CNC(=O)NC(CCCO)c2ccccc2)n1. The first-order chi connectivity index (χ1) is 10.7. The molecular weight excluding hydrogens is 284 g/mol. The zero-order chi connectivity index (χ0) is 15.8. The van der Waals surface area contributed by atoms with Gasteiger partial charge in [-0.05, 0) is 25.3 Å². The van der Waals surface area contributed by atoms with E-state index in [-0.39, 0.29) is 25.2 Å². The topological polar surface area (TPSA) is 100 Å². The molecule has 3 N–H and O–H groups in total. The largest absolute Gasteiger partial charge is 0.396 e. The Morgan fingerprint density at radius 3 is 2.77 bits per heavy atom. The van der Waals surface area contributed by atoms with Crippen LogP contribution in [0, 0.1) is 6.92 Å². The van der Waals surface area contributed by atoms with Crippen molar-refractivity contribution < 1.29 is 14.4 Å². The van der Waals surface area contributed by atoms with Crippen LogP contribution in [0.5, 0.6) is 0 Å². The maximum atomic E-state index is 12.0. The Hall–Kier alpha value is -2.41. The highest BCUT2D eigenvalue weighted by Crippen LogP contribution is 2.17. The second-order valence-corrected chi connectivity index (χ2v) is 4.89. The van der Waals surface area contributed by atoms with Crippen molar-refractivity contribution in [1.29, 1.82) is 0 Å². The second-order valence-electron chi connectivity index (χ2n) is 4.89. The number of aliphatic hydroxyl groups excluding tert-OH is 1. The molecule has 118 valence electrons. The molecule has 0 aliphatic carbocycles. The first-order valence-electron chi connectivity index (χ1n) is 7.18. The van der Waals surface area contributed by atoms with E-state index in [0.29, 0.717) is 24.6 Å². The Balaban J connectivity index is 1.90. The number of hydrogen-bond donors (Lipinski definition) is 3. The summed E-state index contributed by atoms with van der Waals surface area (Å²) in [6.45, 7) is 1.98. The lowest BCUT2D eigenvalue weighted by atomic mass is 10.0. The van der Waals surface area contributed by atoms with Gasteiger partial charge in [0.25, 0.3) is 0 Å². The molecule has 1 aromatic carbocycles. The summed E-state index contributed by atoms with van der Waals surface area (Å²) >= 11 is 0. The van der Waals surface area contributed by atoms with Gasteiger partial charge in [0.2, 0.25) is 5.89 Å². The summed E-state index contributed by atoms with van der Waals surface area (Å²) in [4.78, 5) is 16.0. The molecule has 1 atom stereocenters. The van der Waals surface area contributed by atoms with Gasteiger partial charge in [-0.25, -0.2) is 4.79 Å². The normalized spacial score (nSPS) is 11.9. The van der Waals surface area contributed by atoms with Crippen molar-refractivity contribution in [1.82, 2.24) is 20.8 Å². The van der Waals surface area contributed by atoms with Gasteiger partial charge in [-0.3, -0.25) is 0 Å². The fourth-order valence-corrected chi connectivity index (χ4v) is 2.08. The third-order valence-electron chi connectivity index (χ3n) is 3.13. The lowest BCUT2D eigenvalue weighted by Gasteiger charge is -2.19. The van der Waals surface area contributed by atoms with Crippen molar-refractivity contribution in [3.63, 3.8) is 0 Å². The quantitative estimate of drug-likeness (QED) is 0.722. The third-order valence-corrected chi connectivity index (χ3v) is 3.13. The standard InChI is InChI=1S/C15H20N4O3/c1-11-17-14(22-19-11)10-16-15(21)18-13(8-5-9-20)12-6-3-2-4-7-12/h2-4,6-7,13,20H,5,8-10H2,1H3,(H2,16,18,21). The third kappa shape index (κ3) is 4.85. The summed E-state index contributed by atoms with van der Waals surface area (Å²) in [6, 6.07) is 9.18. The van der Waals surface area contributed by atoms with Crippen molar-refractivity contribution in [2.45, 2.75) is 32.4 Å². The zero-order valence-electron chi connectivity index (χ0n) is 12.5. The maximum Gasteiger partial charge on any atom is 0.315 e. The maximum absolute atomic E-state index is 12.0. The van der Waals surface area contributed by atoms with Crippen LogP contribution in [0.4, 0.5) is 4.79 Å². The Bertz CT molecular complexity index is 585. The highest BCUT2D eigenvalue weighted by molar-refractivity contribution is 5.74. The van der Waals surface area contributed by atoms with E-state index >= 15 is 0 Å². The van der Waals surface area contributed by atoms with Crippen molar-refractivity contribution in [2.75, 3.05) is 6.61 Å². The predicted octanol–water partition coefficient (Wildman–Crippen LogP) is 1.69. The first kappa shape index (κ1) is 16.0. The second kappa shape index (κ2) is 8.14. The molecule has 7 heteroatoms. The highest BCUT2D eigenvalue weighted by atomic mass is 16.5. The molecule has 22 heavy (non-hydrogen) atoms. The molecule has 0 fully saturated rings. The van der Waals surface area contributed by atoms with Gasteiger partial charge < -0.3 is 20.3 Å². The van der Waals surface area contributed by atoms with Crippen molar-refractivity contribution in [3.8, 4) is 0 Å². The molecule has 7 nitrogen and oxygen atoms in total. The number of rotatable bonds is 7. The number of hydrogen-bond acceptors (Lipinski definition) is 5. The number of urea groups is 1. The predicted molar refractivity (Wildman–Crippen MR) is 79.9 cm³/mol. The minimum atomic E-state index is -0.317. The van der Waals surface area contributed by atoms with Gasteiger partial charge in [-0.2, -0.15) is 4.98 Å². The van der Waals surface area contributed by atoms with Crippen molar-refractivity contribution in [3.05, 3.63) is 47.6 Å². The number of carbonyl (C=O) groups excluding carboxylic acids is 1. The molecule has 0 bridgehead atoms. The van der Waals surface area contributed by atoms with E-state index in [0.717, 1.165) is 5.56 Å². The minimum Gasteiger partial charge on any atom is -0.396 e. The summed E-state index contributed by atoms with van der Waals surface area (Å²) < 4.78 is 4.93. The van der Waals surface area contributed by atoms with Crippen LogP contribution in [-0.4, -0.2) is 27.9 Å². The summed E-state index contributed by atoms with van der Waals surface area (Å²) in [5, 5.41) is 18.2. The van der Waals surface area contributed by atoms with Crippen LogP contribution in [0.3, 0.4) is 0 Å². The number of nitrogens with zero attached hydrogens (tertiary/aromatic N) is 2. The first-order valence-corrected chi connectivity index (χ1v) is 7.18. The molecule has 2 amide bonds. The molecule has 0 spiro atoms. The van der Waals surface area contributed by atoms with Crippen LogP contribution in [-0.2, 0) is 6.54 Å².